The molecule has 2 unspecified atom stereocenters. The summed E-state index contributed by atoms with van der Waals surface area (Å²) in [5.41, 5.74) is 3.48. The number of benzene rings is 2. The Morgan fingerprint density at radius 1 is 1.11 bits per heavy atom. The third kappa shape index (κ3) is 5.42. The van der Waals surface area contributed by atoms with Crippen LogP contribution in [-0.4, -0.2) is 42.4 Å². The number of carbonyl (C=O) groups is 2. The standard InChI is InChI=1S/C28H35N3O5/c1-28(2,3)36-27(33)30-22(13-18-16-31(4)23-10-8-7-9-19(18)23)26(32)29-21-12-11-17-14-24(34-5)25(35-6)15-20(17)21/h7-10,14-16,21-22H,11-13H2,1-6H3,(H,29,32)(H,30,33). The number of alkyl carbamates (subject to hydrolysis) is 1. The van der Waals surface area contributed by atoms with Gasteiger partial charge in [0.25, 0.3) is 0 Å². The van der Waals surface area contributed by atoms with Crippen molar-refractivity contribution in [3.8, 4) is 11.5 Å². The van der Waals surface area contributed by atoms with E-state index in [1.165, 1.54) is 0 Å². The smallest absolute Gasteiger partial charge is 0.408 e. The first kappa shape index (κ1) is 25.4. The van der Waals surface area contributed by atoms with Gasteiger partial charge in [0.2, 0.25) is 5.91 Å². The number of hydrogen-bond acceptors (Lipinski definition) is 5. The van der Waals surface area contributed by atoms with E-state index in [1.807, 2.05) is 54.2 Å². The van der Waals surface area contributed by atoms with E-state index in [0.29, 0.717) is 17.9 Å². The number of carbonyl (C=O) groups excluding carboxylic acids is 2. The van der Waals surface area contributed by atoms with Crippen molar-refractivity contribution in [1.29, 1.82) is 0 Å². The van der Waals surface area contributed by atoms with Gasteiger partial charge >= 0.3 is 6.09 Å². The maximum atomic E-state index is 13.6. The molecule has 0 fully saturated rings. The molecule has 2 amide bonds. The summed E-state index contributed by atoms with van der Waals surface area (Å²) in [6.07, 6.45) is 3.28. The lowest BCUT2D eigenvalue weighted by molar-refractivity contribution is -0.124. The number of nitrogens with zero attached hydrogens (tertiary/aromatic N) is 1. The van der Waals surface area contributed by atoms with Crippen LogP contribution in [0.25, 0.3) is 10.9 Å². The van der Waals surface area contributed by atoms with Crippen LogP contribution in [0, 0.1) is 0 Å². The molecule has 1 aromatic heterocycles. The normalized spacial score (nSPS) is 15.8. The number of fused-ring (bicyclic) bond motifs is 2. The summed E-state index contributed by atoms with van der Waals surface area (Å²) >= 11 is 0. The Balaban J connectivity index is 1.59. The van der Waals surface area contributed by atoms with Gasteiger partial charge in [-0.15, -0.1) is 0 Å². The van der Waals surface area contributed by atoms with E-state index in [-0.39, 0.29) is 11.9 Å². The summed E-state index contributed by atoms with van der Waals surface area (Å²) in [7, 11) is 5.18. The van der Waals surface area contributed by atoms with Gasteiger partial charge in [0, 0.05) is 30.6 Å². The van der Waals surface area contributed by atoms with Crippen molar-refractivity contribution in [2.24, 2.45) is 7.05 Å². The molecule has 0 saturated heterocycles. The lowest BCUT2D eigenvalue weighted by Gasteiger charge is -2.25. The minimum absolute atomic E-state index is 0.192. The van der Waals surface area contributed by atoms with Crippen LogP contribution < -0.4 is 20.1 Å². The Morgan fingerprint density at radius 2 is 1.81 bits per heavy atom. The minimum atomic E-state index is -0.810. The van der Waals surface area contributed by atoms with Crippen LogP contribution in [0.3, 0.4) is 0 Å². The van der Waals surface area contributed by atoms with E-state index >= 15 is 0 Å². The van der Waals surface area contributed by atoms with E-state index in [4.69, 9.17) is 14.2 Å². The lowest BCUT2D eigenvalue weighted by atomic mass is 10.0. The van der Waals surface area contributed by atoms with Crippen molar-refractivity contribution in [3.05, 3.63) is 59.3 Å². The number of nitrogens with one attached hydrogen (secondary N) is 2. The molecule has 4 rings (SSSR count). The highest BCUT2D eigenvalue weighted by Gasteiger charge is 2.31. The Kier molecular flexibility index (Phi) is 7.15. The Labute approximate surface area is 211 Å². The van der Waals surface area contributed by atoms with Crippen LogP contribution in [0.2, 0.25) is 0 Å². The summed E-state index contributed by atoms with van der Waals surface area (Å²) in [5.74, 6) is 1.03. The quantitative estimate of drug-likeness (QED) is 0.508. The van der Waals surface area contributed by atoms with Crippen LogP contribution in [0.4, 0.5) is 4.79 Å². The van der Waals surface area contributed by atoms with Crippen molar-refractivity contribution in [1.82, 2.24) is 15.2 Å². The van der Waals surface area contributed by atoms with Gasteiger partial charge in [0.15, 0.2) is 11.5 Å². The predicted molar refractivity (Wildman–Crippen MR) is 139 cm³/mol. The van der Waals surface area contributed by atoms with Crippen molar-refractivity contribution < 1.29 is 23.8 Å². The fraction of sp³-hybridized carbons (Fsp3) is 0.429. The number of ether oxygens (including phenoxy) is 3. The molecule has 0 radical (unpaired) electrons. The first-order valence-electron chi connectivity index (χ1n) is 12.2. The number of aromatic nitrogens is 1. The van der Waals surface area contributed by atoms with Crippen molar-refractivity contribution in [3.63, 3.8) is 0 Å². The molecular weight excluding hydrogens is 458 g/mol. The molecule has 0 spiro atoms. The Bertz CT molecular complexity index is 1270. The van der Waals surface area contributed by atoms with E-state index in [9.17, 15) is 9.59 Å². The molecule has 8 heteroatoms. The summed E-state index contributed by atoms with van der Waals surface area (Å²) in [6.45, 7) is 5.39. The summed E-state index contributed by atoms with van der Waals surface area (Å²) in [5, 5.41) is 7.01. The van der Waals surface area contributed by atoms with E-state index in [2.05, 4.69) is 10.6 Å². The van der Waals surface area contributed by atoms with Gasteiger partial charge in [0.05, 0.1) is 20.3 Å². The predicted octanol–water partition coefficient (Wildman–Crippen LogP) is 4.44. The lowest BCUT2D eigenvalue weighted by Crippen LogP contribution is -2.49. The molecule has 0 aliphatic heterocycles. The molecule has 1 aliphatic rings. The number of hydrogen-bond donors (Lipinski definition) is 2. The molecule has 1 heterocycles. The van der Waals surface area contributed by atoms with Gasteiger partial charge in [-0.05, 0) is 68.5 Å². The largest absolute Gasteiger partial charge is 0.493 e. The second-order valence-corrected chi connectivity index (χ2v) is 10.2. The molecule has 36 heavy (non-hydrogen) atoms. The van der Waals surface area contributed by atoms with Gasteiger partial charge in [-0.2, -0.15) is 0 Å². The molecule has 8 nitrogen and oxygen atoms in total. The third-order valence-electron chi connectivity index (χ3n) is 6.45. The summed E-state index contributed by atoms with van der Waals surface area (Å²) < 4.78 is 18.4. The van der Waals surface area contributed by atoms with Crippen LogP contribution >= 0.6 is 0 Å². The average Bonchev–Trinajstić information content (AvgIpc) is 3.36. The molecule has 2 aromatic carbocycles. The van der Waals surface area contributed by atoms with Crippen LogP contribution in [0.1, 0.15) is 49.9 Å². The number of methoxy groups -OCH3 is 2. The van der Waals surface area contributed by atoms with Gasteiger partial charge in [-0.1, -0.05) is 18.2 Å². The van der Waals surface area contributed by atoms with E-state index in [1.54, 1.807) is 35.0 Å². The maximum Gasteiger partial charge on any atom is 0.408 e. The number of rotatable bonds is 7. The summed E-state index contributed by atoms with van der Waals surface area (Å²) in [6, 6.07) is 10.9. The number of para-hydroxylation sites is 1. The van der Waals surface area contributed by atoms with Crippen molar-refractivity contribution in [2.75, 3.05) is 14.2 Å². The topological polar surface area (TPSA) is 90.8 Å². The van der Waals surface area contributed by atoms with Crippen LogP contribution in [0.5, 0.6) is 11.5 Å². The molecule has 2 atom stereocenters. The first-order chi connectivity index (χ1) is 17.1. The van der Waals surface area contributed by atoms with Gasteiger partial charge in [0.1, 0.15) is 11.6 Å². The molecule has 0 bridgehead atoms. The third-order valence-corrected chi connectivity index (χ3v) is 6.45. The highest BCUT2D eigenvalue weighted by molar-refractivity contribution is 5.89. The minimum Gasteiger partial charge on any atom is -0.493 e. The monoisotopic (exact) mass is 493 g/mol. The van der Waals surface area contributed by atoms with Crippen LogP contribution in [-0.2, 0) is 29.4 Å². The van der Waals surface area contributed by atoms with Gasteiger partial charge in [-0.25, -0.2) is 4.79 Å². The fourth-order valence-corrected chi connectivity index (χ4v) is 4.82. The second kappa shape index (κ2) is 10.1. The zero-order chi connectivity index (χ0) is 26.0. The van der Waals surface area contributed by atoms with Gasteiger partial charge in [-0.3, -0.25) is 4.79 Å². The molecule has 2 N–H and O–H groups in total. The van der Waals surface area contributed by atoms with Crippen molar-refractivity contribution >= 4 is 22.9 Å². The maximum absolute atomic E-state index is 13.6. The van der Waals surface area contributed by atoms with E-state index < -0.39 is 17.7 Å². The number of amides is 2. The van der Waals surface area contributed by atoms with Gasteiger partial charge < -0.3 is 29.4 Å². The Hall–Kier alpha value is -3.68. The van der Waals surface area contributed by atoms with Crippen LogP contribution in [0.15, 0.2) is 42.6 Å². The zero-order valence-electron chi connectivity index (χ0n) is 21.8. The first-order valence-corrected chi connectivity index (χ1v) is 12.2. The van der Waals surface area contributed by atoms with Crippen molar-refractivity contribution in [2.45, 2.75) is 57.7 Å². The highest BCUT2D eigenvalue weighted by atomic mass is 16.6. The SMILES string of the molecule is COc1cc2c(cc1OC)C(NC(=O)C(Cc1cn(C)c3ccccc13)NC(=O)OC(C)(C)C)CC2. The molecule has 3 aromatic rings. The molecule has 192 valence electrons. The molecule has 1 aliphatic carbocycles. The zero-order valence-corrected chi connectivity index (χ0v) is 21.8. The van der Waals surface area contributed by atoms with E-state index in [0.717, 1.165) is 40.4 Å². The highest BCUT2D eigenvalue weighted by Crippen LogP contribution is 2.39. The fourth-order valence-electron chi connectivity index (χ4n) is 4.82. The average molecular weight is 494 g/mol. The Morgan fingerprint density at radius 3 is 2.50 bits per heavy atom. The second-order valence-electron chi connectivity index (χ2n) is 10.2. The molecular formula is C28H35N3O5. The summed E-state index contributed by atoms with van der Waals surface area (Å²) in [4.78, 5) is 26.3. The number of aryl methyl sites for hydroxylation is 2. The molecule has 0 saturated carbocycles.